The molecular formula is C10H16N2S. The summed E-state index contributed by atoms with van der Waals surface area (Å²) in [5.41, 5.74) is 7.29. The summed E-state index contributed by atoms with van der Waals surface area (Å²) in [6, 6.07) is 0. The van der Waals surface area contributed by atoms with Crippen LogP contribution in [0.25, 0.3) is 0 Å². The van der Waals surface area contributed by atoms with E-state index in [-0.39, 0.29) is 5.54 Å². The van der Waals surface area contributed by atoms with Crippen LogP contribution in [0.15, 0.2) is 5.38 Å². The van der Waals surface area contributed by atoms with Gasteiger partial charge in [0.1, 0.15) is 5.01 Å². The largest absolute Gasteiger partial charge is 0.319 e. The molecule has 3 heteroatoms. The summed E-state index contributed by atoms with van der Waals surface area (Å²) in [6.45, 7) is 6.51. The molecule has 0 aromatic carbocycles. The summed E-state index contributed by atoms with van der Waals surface area (Å²) in [5.74, 6) is 1.31. The van der Waals surface area contributed by atoms with Crippen molar-refractivity contribution in [1.82, 2.24) is 4.98 Å². The first-order valence-corrected chi connectivity index (χ1v) is 5.63. The fourth-order valence-electron chi connectivity index (χ4n) is 2.09. The van der Waals surface area contributed by atoms with Gasteiger partial charge in [-0.2, -0.15) is 0 Å². The molecule has 0 bridgehead atoms. The smallest absolute Gasteiger partial charge is 0.113 e. The second kappa shape index (κ2) is 2.79. The molecule has 2 rings (SSSR count). The fraction of sp³-hybridized carbons (Fsp3) is 0.700. The average Bonchev–Trinajstić information content (AvgIpc) is 2.51. The third-order valence-corrected chi connectivity index (χ3v) is 4.50. The van der Waals surface area contributed by atoms with Gasteiger partial charge in [-0.15, -0.1) is 11.3 Å². The first-order chi connectivity index (χ1) is 6.04. The highest BCUT2D eigenvalue weighted by Gasteiger charge is 2.49. The van der Waals surface area contributed by atoms with Gasteiger partial charge in [0.15, 0.2) is 0 Å². The minimum Gasteiger partial charge on any atom is -0.319 e. The molecule has 1 saturated carbocycles. The van der Waals surface area contributed by atoms with Crippen LogP contribution >= 0.6 is 11.3 Å². The molecule has 0 amide bonds. The van der Waals surface area contributed by atoms with Crippen molar-refractivity contribution in [3.8, 4) is 0 Å². The van der Waals surface area contributed by atoms with Crippen molar-refractivity contribution >= 4 is 11.3 Å². The zero-order valence-corrected chi connectivity index (χ0v) is 9.19. The molecule has 3 atom stereocenters. The Hall–Kier alpha value is -0.410. The third kappa shape index (κ3) is 1.22. The summed E-state index contributed by atoms with van der Waals surface area (Å²) in [7, 11) is 0. The number of aromatic nitrogens is 1. The standard InChI is InChI=1S/C10H16N2S/c1-6-4-10(11,8(6)3)9-12-7(2)5-13-9/h5-6,8H,4,11H2,1-3H3. The van der Waals surface area contributed by atoms with Gasteiger partial charge in [-0.1, -0.05) is 13.8 Å². The molecule has 72 valence electrons. The topological polar surface area (TPSA) is 38.9 Å². The number of rotatable bonds is 1. The van der Waals surface area contributed by atoms with Gasteiger partial charge in [-0.3, -0.25) is 0 Å². The SMILES string of the molecule is Cc1csc(C2(N)CC(C)C2C)n1. The molecule has 1 aliphatic rings. The van der Waals surface area contributed by atoms with E-state index in [0.29, 0.717) is 5.92 Å². The van der Waals surface area contributed by atoms with Gasteiger partial charge in [0.2, 0.25) is 0 Å². The molecule has 1 heterocycles. The maximum atomic E-state index is 6.32. The highest BCUT2D eigenvalue weighted by molar-refractivity contribution is 7.09. The van der Waals surface area contributed by atoms with E-state index in [1.807, 2.05) is 6.92 Å². The van der Waals surface area contributed by atoms with Crippen LogP contribution in [0.4, 0.5) is 0 Å². The molecule has 0 radical (unpaired) electrons. The van der Waals surface area contributed by atoms with Gasteiger partial charge in [0.05, 0.1) is 5.54 Å². The van der Waals surface area contributed by atoms with E-state index in [0.717, 1.165) is 23.0 Å². The van der Waals surface area contributed by atoms with Crippen LogP contribution < -0.4 is 5.73 Å². The molecule has 13 heavy (non-hydrogen) atoms. The summed E-state index contributed by atoms with van der Waals surface area (Å²) in [4.78, 5) is 4.48. The molecule has 3 unspecified atom stereocenters. The molecule has 2 nitrogen and oxygen atoms in total. The van der Waals surface area contributed by atoms with E-state index >= 15 is 0 Å². The Morgan fingerprint density at radius 3 is 2.69 bits per heavy atom. The monoisotopic (exact) mass is 196 g/mol. The fourth-order valence-corrected chi connectivity index (χ4v) is 3.11. The van der Waals surface area contributed by atoms with Gasteiger partial charge in [0, 0.05) is 11.1 Å². The second-order valence-electron chi connectivity index (χ2n) is 4.30. The van der Waals surface area contributed by atoms with E-state index in [1.54, 1.807) is 11.3 Å². The van der Waals surface area contributed by atoms with Crippen LogP contribution in [0.5, 0.6) is 0 Å². The van der Waals surface area contributed by atoms with Crippen molar-refractivity contribution in [3.63, 3.8) is 0 Å². The van der Waals surface area contributed by atoms with E-state index in [1.165, 1.54) is 0 Å². The molecule has 0 aliphatic heterocycles. The predicted octanol–water partition coefficient (Wildman–Crippen LogP) is 2.28. The van der Waals surface area contributed by atoms with E-state index < -0.39 is 0 Å². The molecule has 1 aromatic rings. The quantitative estimate of drug-likeness (QED) is 0.748. The summed E-state index contributed by atoms with van der Waals surface area (Å²) in [5, 5.41) is 3.20. The highest BCUT2D eigenvalue weighted by atomic mass is 32.1. The van der Waals surface area contributed by atoms with E-state index in [2.05, 4.69) is 24.2 Å². The summed E-state index contributed by atoms with van der Waals surface area (Å²) in [6.07, 6.45) is 1.08. The molecule has 0 saturated heterocycles. The average molecular weight is 196 g/mol. The van der Waals surface area contributed by atoms with E-state index in [4.69, 9.17) is 5.73 Å². The van der Waals surface area contributed by atoms with Gasteiger partial charge in [0.25, 0.3) is 0 Å². The third-order valence-electron chi connectivity index (χ3n) is 3.34. The van der Waals surface area contributed by atoms with Gasteiger partial charge in [-0.25, -0.2) is 4.98 Å². The zero-order valence-electron chi connectivity index (χ0n) is 8.37. The lowest BCUT2D eigenvalue weighted by Gasteiger charge is -2.49. The number of hydrogen-bond donors (Lipinski definition) is 1. The number of nitrogens with two attached hydrogens (primary N) is 1. The molecular weight excluding hydrogens is 180 g/mol. The van der Waals surface area contributed by atoms with E-state index in [9.17, 15) is 0 Å². The van der Waals surface area contributed by atoms with Crippen LogP contribution in [-0.4, -0.2) is 4.98 Å². The van der Waals surface area contributed by atoms with Gasteiger partial charge < -0.3 is 5.73 Å². The van der Waals surface area contributed by atoms with Gasteiger partial charge in [-0.05, 0) is 25.2 Å². The molecule has 1 fully saturated rings. The Kier molecular flexibility index (Phi) is 1.96. The lowest BCUT2D eigenvalue weighted by Crippen LogP contribution is -2.55. The number of thiazole rings is 1. The number of aryl methyl sites for hydroxylation is 1. The molecule has 0 spiro atoms. The van der Waals surface area contributed by atoms with Crippen LogP contribution in [0.1, 0.15) is 31.0 Å². The van der Waals surface area contributed by atoms with Gasteiger partial charge >= 0.3 is 0 Å². The molecule has 1 aliphatic carbocycles. The Balaban J connectivity index is 2.27. The van der Waals surface area contributed by atoms with Crippen molar-refractivity contribution < 1.29 is 0 Å². The predicted molar refractivity (Wildman–Crippen MR) is 55.7 cm³/mol. The maximum Gasteiger partial charge on any atom is 0.113 e. The molecule has 1 aromatic heterocycles. The van der Waals surface area contributed by atoms with Crippen LogP contribution in [-0.2, 0) is 5.54 Å². The number of nitrogens with zero attached hydrogens (tertiary/aromatic N) is 1. The maximum absolute atomic E-state index is 6.32. The van der Waals surface area contributed by atoms with Crippen LogP contribution in [0, 0.1) is 18.8 Å². The Bertz CT molecular complexity index is 320. The Morgan fingerprint density at radius 1 is 1.62 bits per heavy atom. The second-order valence-corrected chi connectivity index (χ2v) is 5.16. The summed E-state index contributed by atoms with van der Waals surface area (Å²) >= 11 is 1.70. The van der Waals surface area contributed by atoms with Crippen molar-refractivity contribution in [2.45, 2.75) is 32.7 Å². The van der Waals surface area contributed by atoms with Crippen molar-refractivity contribution in [2.75, 3.05) is 0 Å². The lowest BCUT2D eigenvalue weighted by molar-refractivity contribution is 0.0622. The number of hydrogen-bond acceptors (Lipinski definition) is 3. The Morgan fingerprint density at radius 2 is 2.31 bits per heavy atom. The van der Waals surface area contributed by atoms with Crippen molar-refractivity contribution in [1.29, 1.82) is 0 Å². The minimum atomic E-state index is -0.127. The lowest BCUT2D eigenvalue weighted by atomic mass is 9.61. The zero-order chi connectivity index (χ0) is 9.64. The van der Waals surface area contributed by atoms with Crippen molar-refractivity contribution in [2.24, 2.45) is 17.6 Å². The minimum absolute atomic E-state index is 0.127. The highest BCUT2D eigenvalue weighted by Crippen LogP contribution is 2.49. The summed E-state index contributed by atoms with van der Waals surface area (Å²) < 4.78 is 0. The van der Waals surface area contributed by atoms with Crippen molar-refractivity contribution in [3.05, 3.63) is 16.1 Å². The normalized spacial score (nSPS) is 38.8. The first kappa shape index (κ1) is 9.16. The van der Waals surface area contributed by atoms with Crippen LogP contribution in [0.2, 0.25) is 0 Å². The first-order valence-electron chi connectivity index (χ1n) is 4.75. The van der Waals surface area contributed by atoms with Crippen LogP contribution in [0.3, 0.4) is 0 Å². The molecule has 2 N–H and O–H groups in total. The Labute approximate surface area is 83.2 Å².